The average molecular weight is 472 g/mol. The van der Waals surface area contributed by atoms with Crippen molar-refractivity contribution >= 4 is 40.3 Å². The molecule has 2 aromatic carbocycles. The molecule has 1 fully saturated rings. The van der Waals surface area contributed by atoms with E-state index in [4.69, 9.17) is 0 Å². The van der Waals surface area contributed by atoms with E-state index in [1.807, 2.05) is 68.4 Å². The number of carbonyl (C=O) groups is 2. The van der Waals surface area contributed by atoms with Crippen LogP contribution in [-0.4, -0.2) is 38.4 Å². The average Bonchev–Trinajstić information content (AvgIpc) is 3.57. The number of aromatic nitrogens is 3. The minimum atomic E-state index is -0.169. The summed E-state index contributed by atoms with van der Waals surface area (Å²) >= 11 is 1.31. The molecule has 1 aliphatic carbocycles. The van der Waals surface area contributed by atoms with Gasteiger partial charge in [0.25, 0.3) is 5.91 Å². The standard InChI is InChI=1S/C26H25N5O2S/c1-16-7-11-19(12-8-16)31-23(13-17(2)30-31)29-24(32)15-34-25-14-21(26(33)27-18-9-10-18)20-5-3-4-6-22(20)28-25/h3-8,11-14,18H,9-10,15H2,1-2H3,(H,27,33)(H,29,32). The zero-order chi connectivity index (χ0) is 23.7. The second-order valence-electron chi connectivity index (χ2n) is 8.53. The topological polar surface area (TPSA) is 88.9 Å². The lowest BCUT2D eigenvalue weighted by Crippen LogP contribution is -2.25. The molecule has 2 aromatic heterocycles. The van der Waals surface area contributed by atoms with E-state index in [1.165, 1.54) is 11.8 Å². The van der Waals surface area contributed by atoms with Crippen LogP contribution in [0, 0.1) is 13.8 Å². The van der Waals surface area contributed by atoms with Crippen LogP contribution in [0.3, 0.4) is 0 Å². The Labute approximate surface area is 202 Å². The molecule has 0 spiro atoms. The van der Waals surface area contributed by atoms with E-state index >= 15 is 0 Å². The van der Waals surface area contributed by atoms with Crippen LogP contribution in [-0.2, 0) is 4.79 Å². The maximum Gasteiger partial charge on any atom is 0.252 e. The number of hydrogen-bond acceptors (Lipinski definition) is 5. The first-order valence-corrected chi connectivity index (χ1v) is 12.2. The fourth-order valence-corrected chi connectivity index (χ4v) is 4.41. The molecule has 8 heteroatoms. The highest BCUT2D eigenvalue weighted by Gasteiger charge is 2.25. The van der Waals surface area contributed by atoms with Crippen LogP contribution in [0.15, 0.2) is 65.7 Å². The second-order valence-corrected chi connectivity index (χ2v) is 9.52. The molecule has 4 aromatic rings. The zero-order valence-electron chi connectivity index (χ0n) is 19.0. The van der Waals surface area contributed by atoms with E-state index < -0.39 is 0 Å². The van der Waals surface area contributed by atoms with Gasteiger partial charge in [0.15, 0.2) is 0 Å². The highest BCUT2D eigenvalue weighted by Crippen LogP contribution is 2.26. The highest BCUT2D eigenvalue weighted by atomic mass is 32.2. The molecular weight excluding hydrogens is 446 g/mol. The smallest absolute Gasteiger partial charge is 0.252 e. The third-order valence-corrected chi connectivity index (χ3v) is 6.49. The number of nitrogens with one attached hydrogen (secondary N) is 2. The summed E-state index contributed by atoms with van der Waals surface area (Å²) in [6.45, 7) is 3.92. The van der Waals surface area contributed by atoms with Crippen molar-refractivity contribution in [3.05, 3.63) is 77.5 Å². The van der Waals surface area contributed by atoms with Gasteiger partial charge in [-0.2, -0.15) is 5.10 Å². The zero-order valence-corrected chi connectivity index (χ0v) is 19.9. The molecule has 2 amide bonds. The van der Waals surface area contributed by atoms with Gasteiger partial charge in [-0.1, -0.05) is 47.7 Å². The maximum atomic E-state index is 12.8. The number of carbonyl (C=O) groups excluding carboxylic acids is 2. The number of fused-ring (bicyclic) bond motifs is 1. The van der Waals surface area contributed by atoms with E-state index in [2.05, 4.69) is 20.7 Å². The Kier molecular flexibility index (Phi) is 6.06. The molecule has 5 rings (SSSR count). The number of para-hydroxylation sites is 1. The second kappa shape index (κ2) is 9.30. The van der Waals surface area contributed by atoms with Gasteiger partial charge in [0.1, 0.15) is 5.82 Å². The van der Waals surface area contributed by atoms with Crippen molar-refractivity contribution in [1.29, 1.82) is 0 Å². The van der Waals surface area contributed by atoms with Gasteiger partial charge >= 0.3 is 0 Å². The minimum absolute atomic E-state index is 0.0927. The number of nitrogens with zero attached hydrogens (tertiary/aromatic N) is 3. The number of aryl methyl sites for hydroxylation is 2. The number of anilines is 1. The summed E-state index contributed by atoms with van der Waals surface area (Å²) in [7, 11) is 0. The molecule has 0 bridgehead atoms. The predicted octanol–water partition coefficient (Wildman–Crippen LogP) is 4.66. The number of pyridine rings is 1. The van der Waals surface area contributed by atoms with Gasteiger partial charge in [-0.3, -0.25) is 9.59 Å². The number of hydrogen-bond donors (Lipinski definition) is 2. The number of thioether (sulfide) groups is 1. The Morgan fingerprint density at radius 2 is 1.82 bits per heavy atom. The van der Waals surface area contributed by atoms with Crippen molar-refractivity contribution in [3.8, 4) is 5.69 Å². The Bertz CT molecular complexity index is 1380. The lowest BCUT2D eigenvalue weighted by Gasteiger charge is -2.11. The van der Waals surface area contributed by atoms with Crippen molar-refractivity contribution in [1.82, 2.24) is 20.1 Å². The fourth-order valence-electron chi connectivity index (χ4n) is 3.69. The van der Waals surface area contributed by atoms with Crippen molar-refractivity contribution in [2.24, 2.45) is 0 Å². The van der Waals surface area contributed by atoms with E-state index in [0.29, 0.717) is 16.4 Å². The SMILES string of the molecule is Cc1ccc(-n2nc(C)cc2NC(=O)CSc2cc(C(=O)NC3CC3)c3ccccc3n2)cc1. The first-order valence-electron chi connectivity index (χ1n) is 11.2. The Hall–Kier alpha value is -3.65. The monoisotopic (exact) mass is 471 g/mol. The van der Waals surface area contributed by atoms with Gasteiger partial charge in [0.2, 0.25) is 5.91 Å². The summed E-state index contributed by atoms with van der Waals surface area (Å²) in [5, 5.41) is 12.0. The van der Waals surface area contributed by atoms with E-state index in [-0.39, 0.29) is 23.6 Å². The summed E-state index contributed by atoms with van der Waals surface area (Å²) in [6, 6.07) is 19.4. The minimum Gasteiger partial charge on any atom is -0.349 e. The molecule has 0 aliphatic heterocycles. The van der Waals surface area contributed by atoms with Crippen LogP contribution in [0.2, 0.25) is 0 Å². The fraction of sp³-hybridized carbons (Fsp3) is 0.231. The highest BCUT2D eigenvalue weighted by molar-refractivity contribution is 7.99. The first kappa shape index (κ1) is 22.2. The Morgan fingerprint density at radius 3 is 2.59 bits per heavy atom. The van der Waals surface area contributed by atoms with Crippen LogP contribution in [0.5, 0.6) is 0 Å². The Balaban J connectivity index is 1.32. The number of rotatable bonds is 7. The summed E-state index contributed by atoms with van der Waals surface area (Å²) in [6.07, 6.45) is 2.05. The van der Waals surface area contributed by atoms with Crippen molar-refractivity contribution in [2.45, 2.75) is 37.8 Å². The van der Waals surface area contributed by atoms with E-state index in [1.54, 1.807) is 10.7 Å². The van der Waals surface area contributed by atoms with E-state index in [0.717, 1.165) is 40.7 Å². The number of amides is 2. The molecule has 0 unspecified atom stereocenters. The van der Waals surface area contributed by atoms with Gasteiger partial charge in [0, 0.05) is 17.5 Å². The van der Waals surface area contributed by atoms with Crippen LogP contribution in [0.25, 0.3) is 16.6 Å². The summed E-state index contributed by atoms with van der Waals surface area (Å²) in [5.41, 5.74) is 4.17. The molecule has 172 valence electrons. The van der Waals surface area contributed by atoms with E-state index in [9.17, 15) is 9.59 Å². The molecule has 1 saturated carbocycles. The molecule has 0 atom stereocenters. The number of benzene rings is 2. The van der Waals surface area contributed by atoms with Crippen molar-refractivity contribution in [2.75, 3.05) is 11.1 Å². The van der Waals surface area contributed by atoms with Gasteiger partial charge in [0.05, 0.1) is 33.2 Å². The summed E-state index contributed by atoms with van der Waals surface area (Å²) in [4.78, 5) is 30.2. The molecule has 7 nitrogen and oxygen atoms in total. The quantitative estimate of drug-likeness (QED) is 0.383. The molecule has 2 heterocycles. The molecule has 34 heavy (non-hydrogen) atoms. The van der Waals surface area contributed by atoms with Gasteiger partial charge in [-0.15, -0.1) is 0 Å². The third kappa shape index (κ3) is 4.97. The van der Waals surface area contributed by atoms with Crippen LogP contribution < -0.4 is 10.6 Å². The molecule has 0 radical (unpaired) electrons. The van der Waals surface area contributed by atoms with Crippen molar-refractivity contribution in [3.63, 3.8) is 0 Å². The Morgan fingerprint density at radius 1 is 1.06 bits per heavy atom. The molecular formula is C26H25N5O2S. The largest absolute Gasteiger partial charge is 0.349 e. The van der Waals surface area contributed by atoms with Crippen LogP contribution in [0.1, 0.15) is 34.5 Å². The van der Waals surface area contributed by atoms with Crippen molar-refractivity contribution < 1.29 is 9.59 Å². The van der Waals surface area contributed by atoms with Crippen LogP contribution in [0.4, 0.5) is 5.82 Å². The lowest BCUT2D eigenvalue weighted by molar-refractivity contribution is -0.113. The van der Waals surface area contributed by atoms with Crippen LogP contribution >= 0.6 is 11.8 Å². The normalized spacial score (nSPS) is 13.1. The molecule has 1 aliphatic rings. The van der Waals surface area contributed by atoms with Gasteiger partial charge in [-0.05, 0) is 51.0 Å². The first-order chi connectivity index (χ1) is 16.5. The molecule has 0 saturated heterocycles. The summed E-state index contributed by atoms with van der Waals surface area (Å²) < 4.78 is 1.73. The summed E-state index contributed by atoms with van der Waals surface area (Å²) in [5.74, 6) is 0.512. The van der Waals surface area contributed by atoms with Gasteiger partial charge < -0.3 is 10.6 Å². The molecule has 2 N–H and O–H groups in total. The lowest BCUT2D eigenvalue weighted by atomic mass is 10.1. The predicted molar refractivity (Wildman–Crippen MR) is 135 cm³/mol. The third-order valence-electron chi connectivity index (χ3n) is 5.58. The maximum absolute atomic E-state index is 12.8. The van der Waals surface area contributed by atoms with Gasteiger partial charge in [-0.25, -0.2) is 9.67 Å².